The summed E-state index contributed by atoms with van der Waals surface area (Å²) < 4.78 is 10.2. The van der Waals surface area contributed by atoms with Crippen LogP contribution < -0.4 is 5.32 Å². The van der Waals surface area contributed by atoms with Crippen molar-refractivity contribution in [3.05, 3.63) is 11.7 Å². The lowest BCUT2D eigenvalue weighted by Gasteiger charge is -2.26. The molecule has 0 aliphatic heterocycles. The fourth-order valence-electron chi connectivity index (χ4n) is 2.68. The molecule has 1 aromatic heterocycles. The van der Waals surface area contributed by atoms with Gasteiger partial charge in [-0.3, -0.25) is 4.79 Å². The highest BCUT2D eigenvalue weighted by atomic mass is 16.5. The van der Waals surface area contributed by atoms with Crippen LogP contribution in [0.2, 0.25) is 0 Å². The van der Waals surface area contributed by atoms with Gasteiger partial charge in [0.2, 0.25) is 5.89 Å². The maximum Gasteiger partial charge on any atom is 0.307 e. The summed E-state index contributed by atoms with van der Waals surface area (Å²) in [6, 6.07) is 0. The molecule has 0 bridgehead atoms. The topological polar surface area (TPSA) is 77.2 Å². The van der Waals surface area contributed by atoms with Gasteiger partial charge in [-0.05, 0) is 26.7 Å². The minimum atomic E-state index is -0.240. The van der Waals surface area contributed by atoms with Crippen LogP contribution >= 0.6 is 0 Å². The van der Waals surface area contributed by atoms with E-state index < -0.39 is 0 Å². The van der Waals surface area contributed by atoms with Crippen LogP contribution in [0.25, 0.3) is 0 Å². The van der Waals surface area contributed by atoms with Gasteiger partial charge in [0, 0.05) is 13.5 Å². The van der Waals surface area contributed by atoms with Gasteiger partial charge in [0.05, 0.1) is 18.1 Å². The molecule has 1 aliphatic carbocycles. The van der Waals surface area contributed by atoms with E-state index in [0.717, 1.165) is 25.7 Å². The van der Waals surface area contributed by atoms with Crippen LogP contribution in [0.15, 0.2) is 4.52 Å². The molecule has 0 spiro atoms. The second-order valence-electron chi connectivity index (χ2n) is 5.64. The SMILES string of the molecule is Cc1nc(C2(NCCC(=O)OC(C)C)CCCC2)no1. The standard InChI is InChI=1S/C14H23N3O3/c1-10(2)19-12(18)6-9-15-14(7-4-5-8-14)13-16-11(3)20-17-13/h10,15H,4-9H2,1-3H3. The third kappa shape index (κ3) is 3.56. The molecule has 1 N–H and O–H groups in total. The first-order valence-corrected chi connectivity index (χ1v) is 7.27. The van der Waals surface area contributed by atoms with Gasteiger partial charge in [-0.15, -0.1) is 0 Å². The fourth-order valence-corrected chi connectivity index (χ4v) is 2.68. The predicted octanol–water partition coefficient (Wildman–Crippen LogP) is 2.08. The zero-order chi connectivity index (χ0) is 14.6. The number of aromatic nitrogens is 2. The summed E-state index contributed by atoms with van der Waals surface area (Å²) in [5, 5.41) is 7.49. The normalized spacial score (nSPS) is 17.6. The number of hydrogen-bond donors (Lipinski definition) is 1. The van der Waals surface area contributed by atoms with Crippen LogP contribution in [0.1, 0.15) is 57.7 Å². The zero-order valence-corrected chi connectivity index (χ0v) is 12.4. The quantitative estimate of drug-likeness (QED) is 0.804. The average Bonchev–Trinajstić information content (AvgIpc) is 2.98. The van der Waals surface area contributed by atoms with Gasteiger partial charge in [0.15, 0.2) is 5.82 Å². The van der Waals surface area contributed by atoms with Crippen molar-refractivity contribution in [3.8, 4) is 0 Å². The van der Waals surface area contributed by atoms with Crippen LogP contribution in [0, 0.1) is 6.92 Å². The number of nitrogens with zero attached hydrogens (tertiary/aromatic N) is 2. The Morgan fingerprint density at radius 2 is 2.15 bits per heavy atom. The fraction of sp³-hybridized carbons (Fsp3) is 0.786. The Morgan fingerprint density at radius 3 is 2.70 bits per heavy atom. The summed E-state index contributed by atoms with van der Waals surface area (Å²) in [7, 11) is 0. The molecular weight excluding hydrogens is 258 g/mol. The molecule has 1 heterocycles. The number of rotatable bonds is 6. The Hall–Kier alpha value is -1.43. The van der Waals surface area contributed by atoms with Gasteiger partial charge >= 0.3 is 5.97 Å². The highest BCUT2D eigenvalue weighted by molar-refractivity contribution is 5.69. The molecule has 2 rings (SSSR count). The third-order valence-corrected chi connectivity index (χ3v) is 3.57. The molecule has 6 heteroatoms. The van der Waals surface area contributed by atoms with Crippen LogP contribution in [0.3, 0.4) is 0 Å². The number of ether oxygens (including phenoxy) is 1. The average molecular weight is 281 g/mol. The molecule has 1 aliphatic rings. The Balaban J connectivity index is 1.92. The minimum absolute atomic E-state index is 0.0669. The first-order valence-electron chi connectivity index (χ1n) is 7.27. The predicted molar refractivity (Wildman–Crippen MR) is 73.0 cm³/mol. The van der Waals surface area contributed by atoms with E-state index in [0.29, 0.717) is 24.7 Å². The Kier molecular flexibility index (Phi) is 4.75. The Morgan fingerprint density at radius 1 is 1.45 bits per heavy atom. The molecule has 1 saturated carbocycles. The molecule has 0 atom stereocenters. The molecular formula is C14H23N3O3. The van der Waals surface area contributed by atoms with Gasteiger partial charge in [-0.25, -0.2) is 0 Å². The zero-order valence-electron chi connectivity index (χ0n) is 12.4. The number of carbonyl (C=O) groups is 1. The summed E-state index contributed by atoms with van der Waals surface area (Å²) in [6.45, 7) is 6.07. The number of nitrogens with one attached hydrogen (secondary N) is 1. The highest BCUT2D eigenvalue weighted by Gasteiger charge is 2.39. The maximum absolute atomic E-state index is 11.6. The molecule has 20 heavy (non-hydrogen) atoms. The van der Waals surface area contributed by atoms with E-state index in [9.17, 15) is 4.79 Å². The first-order chi connectivity index (χ1) is 9.52. The lowest BCUT2D eigenvalue weighted by Crippen LogP contribution is -2.42. The van der Waals surface area contributed by atoms with E-state index >= 15 is 0 Å². The lowest BCUT2D eigenvalue weighted by molar-refractivity contribution is -0.147. The molecule has 0 unspecified atom stereocenters. The molecule has 6 nitrogen and oxygen atoms in total. The van der Waals surface area contributed by atoms with E-state index in [2.05, 4.69) is 15.5 Å². The van der Waals surface area contributed by atoms with Gasteiger partial charge in [0.1, 0.15) is 0 Å². The minimum Gasteiger partial charge on any atom is -0.463 e. The van der Waals surface area contributed by atoms with E-state index in [4.69, 9.17) is 9.26 Å². The van der Waals surface area contributed by atoms with Crippen molar-refractivity contribution < 1.29 is 14.1 Å². The maximum atomic E-state index is 11.6. The van der Waals surface area contributed by atoms with Crippen LogP contribution in [0.4, 0.5) is 0 Å². The summed E-state index contributed by atoms with van der Waals surface area (Å²) in [5.74, 6) is 1.11. The van der Waals surface area contributed by atoms with Crippen molar-refractivity contribution in [2.75, 3.05) is 6.54 Å². The molecule has 112 valence electrons. The summed E-state index contributed by atoms with van der Waals surface area (Å²) >= 11 is 0. The van der Waals surface area contributed by atoms with Gasteiger partial charge in [-0.1, -0.05) is 18.0 Å². The van der Waals surface area contributed by atoms with Gasteiger partial charge in [0.25, 0.3) is 0 Å². The lowest BCUT2D eigenvalue weighted by atomic mass is 9.96. The molecule has 1 aromatic rings. The molecule has 0 amide bonds. The molecule has 0 radical (unpaired) electrons. The van der Waals surface area contributed by atoms with Crippen molar-refractivity contribution in [1.29, 1.82) is 0 Å². The van der Waals surface area contributed by atoms with E-state index in [1.54, 1.807) is 6.92 Å². The summed E-state index contributed by atoms with van der Waals surface area (Å²) in [4.78, 5) is 15.9. The van der Waals surface area contributed by atoms with Crippen LogP contribution in [0.5, 0.6) is 0 Å². The van der Waals surface area contributed by atoms with Crippen molar-refractivity contribution in [3.63, 3.8) is 0 Å². The molecule has 0 saturated heterocycles. The van der Waals surface area contributed by atoms with Crippen molar-refractivity contribution >= 4 is 5.97 Å². The van der Waals surface area contributed by atoms with E-state index in [1.807, 2.05) is 13.8 Å². The smallest absolute Gasteiger partial charge is 0.307 e. The summed E-state index contributed by atoms with van der Waals surface area (Å²) in [5.41, 5.74) is -0.240. The van der Waals surface area contributed by atoms with E-state index in [-0.39, 0.29) is 17.6 Å². The van der Waals surface area contributed by atoms with Crippen LogP contribution in [-0.2, 0) is 15.1 Å². The van der Waals surface area contributed by atoms with Crippen LogP contribution in [-0.4, -0.2) is 28.8 Å². The monoisotopic (exact) mass is 281 g/mol. The Labute approximate surface area is 119 Å². The van der Waals surface area contributed by atoms with E-state index in [1.165, 1.54) is 0 Å². The largest absolute Gasteiger partial charge is 0.463 e. The molecule has 1 fully saturated rings. The number of carbonyl (C=O) groups excluding carboxylic acids is 1. The molecule has 0 aromatic carbocycles. The second-order valence-corrected chi connectivity index (χ2v) is 5.64. The van der Waals surface area contributed by atoms with Crippen molar-refractivity contribution in [2.45, 2.75) is 64.5 Å². The van der Waals surface area contributed by atoms with Crippen molar-refractivity contribution in [1.82, 2.24) is 15.5 Å². The Bertz CT molecular complexity index is 450. The van der Waals surface area contributed by atoms with Gasteiger partial charge in [-0.2, -0.15) is 4.98 Å². The first kappa shape index (κ1) is 15.0. The third-order valence-electron chi connectivity index (χ3n) is 3.57. The van der Waals surface area contributed by atoms with Gasteiger partial charge < -0.3 is 14.6 Å². The number of hydrogen-bond acceptors (Lipinski definition) is 6. The second kappa shape index (κ2) is 6.35. The number of aryl methyl sites for hydroxylation is 1. The van der Waals surface area contributed by atoms with Crippen molar-refractivity contribution in [2.24, 2.45) is 0 Å². The summed E-state index contributed by atoms with van der Waals surface area (Å²) in [6.07, 6.45) is 4.52. The highest BCUT2D eigenvalue weighted by Crippen LogP contribution is 2.37. The number of esters is 1.